The van der Waals surface area contributed by atoms with Crippen molar-refractivity contribution < 1.29 is 9.90 Å². The van der Waals surface area contributed by atoms with Gasteiger partial charge < -0.3 is 15.3 Å². The van der Waals surface area contributed by atoms with Crippen LogP contribution in [0.25, 0.3) is 0 Å². The SMILES string of the molecule is Cc1cc(I)ccc1Nc1ccc(Cl)cc1C(=O)N1CCC(O)C1. The van der Waals surface area contributed by atoms with Gasteiger partial charge in [0.1, 0.15) is 0 Å². The third-order valence-corrected chi connectivity index (χ3v) is 5.03. The van der Waals surface area contributed by atoms with Crippen molar-refractivity contribution >= 4 is 51.5 Å². The predicted molar refractivity (Wildman–Crippen MR) is 105 cm³/mol. The lowest BCUT2D eigenvalue weighted by Gasteiger charge is -2.19. The molecule has 2 N–H and O–H groups in total. The Morgan fingerprint density at radius 2 is 2.04 bits per heavy atom. The van der Waals surface area contributed by atoms with Crippen LogP contribution in [0.4, 0.5) is 11.4 Å². The zero-order chi connectivity index (χ0) is 17.3. The maximum atomic E-state index is 12.8. The number of carbonyl (C=O) groups excluding carboxylic acids is 1. The van der Waals surface area contributed by atoms with Gasteiger partial charge in [-0.2, -0.15) is 0 Å². The topological polar surface area (TPSA) is 52.6 Å². The molecule has 1 aliphatic heterocycles. The van der Waals surface area contributed by atoms with Crippen LogP contribution in [0.1, 0.15) is 22.3 Å². The van der Waals surface area contributed by atoms with Gasteiger partial charge in [-0.05, 0) is 77.9 Å². The summed E-state index contributed by atoms with van der Waals surface area (Å²) in [5.41, 5.74) is 3.30. The van der Waals surface area contributed by atoms with Crippen LogP contribution in [-0.2, 0) is 0 Å². The van der Waals surface area contributed by atoms with Gasteiger partial charge in [0.05, 0.1) is 17.4 Å². The van der Waals surface area contributed by atoms with Crippen molar-refractivity contribution in [3.63, 3.8) is 0 Å². The molecule has 1 amide bonds. The average molecular weight is 457 g/mol. The van der Waals surface area contributed by atoms with Gasteiger partial charge in [-0.1, -0.05) is 11.6 Å². The highest BCUT2D eigenvalue weighted by Crippen LogP contribution is 2.28. The van der Waals surface area contributed by atoms with E-state index < -0.39 is 6.10 Å². The van der Waals surface area contributed by atoms with Gasteiger partial charge in [-0.25, -0.2) is 0 Å². The molecule has 4 nitrogen and oxygen atoms in total. The van der Waals surface area contributed by atoms with E-state index >= 15 is 0 Å². The second kappa shape index (κ2) is 7.29. The first-order valence-electron chi connectivity index (χ1n) is 7.74. The van der Waals surface area contributed by atoms with Crippen LogP contribution in [0.3, 0.4) is 0 Å². The van der Waals surface area contributed by atoms with Crippen LogP contribution in [0.2, 0.25) is 5.02 Å². The smallest absolute Gasteiger partial charge is 0.256 e. The summed E-state index contributed by atoms with van der Waals surface area (Å²) in [6.07, 6.45) is 0.175. The second-order valence-electron chi connectivity index (χ2n) is 5.97. The second-order valence-corrected chi connectivity index (χ2v) is 7.65. The summed E-state index contributed by atoms with van der Waals surface area (Å²) in [6.45, 7) is 2.96. The average Bonchev–Trinajstić information content (AvgIpc) is 2.97. The van der Waals surface area contributed by atoms with E-state index in [1.165, 1.54) is 0 Å². The van der Waals surface area contributed by atoms with E-state index in [1.54, 1.807) is 17.0 Å². The first kappa shape index (κ1) is 17.5. The monoisotopic (exact) mass is 456 g/mol. The Hall–Kier alpha value is -1.31. The Labute approximate surface area is 160 Å². The van der Waals surface area contributed by atoms with Crippen LogP contribution >= 0.6 is 34.2 Å². The highest BCUT2D eigenvalue weighted by molar-refractivity contribution is 14.1. The molecule has 2 aromatic rings. The van der Waals surface area contributed by atoms with Crippen LogP contribution in [0.5, 0.6) is 0 Å². The highest BCUT2D eigenvalue weighted by atomic mass is 127. The molecule has 6 heteroatoms. The van der Waals surface area contributed by atoms with Crippen molar-refractivity contribution in [2.75, 3.05) is 18.4 Å². The Morgan fingerprint density at radius 3 is 2.71 bits per heavy atom. The minimum atomic E-state index is -0.442. The van der Waals surface area contributed by atoms with Crippen molar-refractivity contribution in [3.05, 3.63) is 56.1 Å². The van der Waals surface area contributed by atoms with Gasteiger partial charge in [-0.15, -0.1) is 0 Å². The molecule has 0 radical (unpaired) electrons. The number of aliphatic hydroxyl groups excluding tert-OH is 1. The van der Waals surface area contributed by atoms with E-state index in [4.69, 9.17) is 11.6 Å². The fourth-order valence-electron chi connectivity index (χ4n) is 2.81. The third kappa shape index (κ3) is 3.84. The summed E-state index contributed by atoms with van der Waals surface area (Å²) in [5.74, 6) is -0.111. The molecular weight excluding hydrogens is 439 g/mol. The standard InChI is InChI=1S/C18H18ClIN2O2/c1-11-8-13(20)3-5-16(11)21-17-4-2-12(19)9-15(17)18(24)22-7-6-14(23)10-22/h2-5,8-9,14,21,23H,6-7,10H2,1H3. The lowest BCUT2D eigenvalue weighted by Crippen LogP contribution is -2.30. The number of benzene rings is 2. The molecule has 3 rings (SSSR count). The predicted octanol–water partition coefficient (Wildman–Crippen LogP) is 4.20. The molecule has 0 saturated carbocycles. The Morgan fingerprint density at radius 1 is 1.29 bits per heavy atom. The zero-order valence-electron chi connectivity index (χ0n) is 13.2. The molecular formula is C18H18ClIN2O2. The van der Waals surface area contributed by atoms with E-state index in [0.29, 0.717) is 30.1 Å². The number of carbonyl (C=O) groups is 1. The molecule has 1 heterocycles. The first-order chi connectivity index (χ1) is 11.4. The molecule has 0 aliphatic carbocycles. The molecule has 0 bridgehead atoms. The number of aliphatic hydroxyl groups is 1. The Bertz CT molecular complexity index is 782. The summed E-state index contributed by atoms with van der Waals surface area (Å²) in [4.78, 5) is 14.5. The summed E-state index contributed by atoms with van der Waals surface area (Å²) in [6, 6.07) is 11.4. The summed E-state index contributed by atoms with van der Waals surface area (Å²) in [7, 11) is 0. The minimum Gasteiger partial charge on any atom is -0.391 e. The largest absolute Gasteiger partial charge is 0.391 e. The molecule has 24 heavy (non-hydrogen) atoms. The lowest BCUT2D eigenvalue weighted by molar-refractivity contribution is 0.0766. The van der Waals surface area contributed by atoms with Crippen LogP contribution < -0.4 is 5.32 Å². The maximum absolute atomic E-state index is 12.8. The summed E-state index contributed by atoms with van der Waals surface area (Å²) in [5, 5.41) is 13.5. The summed E-state index contributed by atoms with van der Waals surface area (Å²) >= 11 is 8.37. The Kier molecular flexibility index (Phi) is 5.32. The van der Waals surface area contributed by atoms with Gasteiger partial charge in [-0.3, -0.25) is 4.79 Å². The zero-order valence-corrected chi connectivity index (χ0v) is 16.1. The number of likely N-dealkylation sites (tertiary alicyclic amines) is 1. The number of anilines is 2. The molecule has 1 unspecified atom stereocenters. The van der Waals surface area contributed by atoms with Gasteiger partial charge in [0.2, 0.25) is 0 Å². The van der Waals surface area contributed by atoms with E-state index in [9.17, 15) is 9.90 Å². The van der Waals surface area contributed by atoms with Crippen molar-refractivity contribution in [1.29, 1.82) is 0 Å². The van der Waals surface area contributed by atoms with Crippen molar-refractivity contribution in [3.8, 4) is 0 Å². The van der Waals surface area contributed by atoms with E-state index in [-0.39, 0.29) is 5.91 Å². The van der Waals surface area contributed by atoms with Crippen molar-refractivity contribution in [1.82, 2.24) is 4.90 Å². The van der Waals surface area contributed by atoms with E-state index in [1.807, 2.05) is 25.1 Å². The van der Waals surface area contributed by atoms with E-state index in [2.05, 4.69) is 34.0 Å². The number of nitrogens with one attached hydrogen (secondary N) is 1. The molecule has 1 fully saturated rings. The van der Waals surface area contributed by atoms with Crippen molar-refractivity contribution in [2.45, 2.75) is 19.4 Å². The number of halogens is 2. The number of rotatable bonds is 3. The van der Waals surface area contributed by atoms with Crippen LogP contribution in [0.15, 0.2) is 36.4 Å². The molecule has 1 atom stereocenters. The summed E-state index contributed by atoms with van der Waals surface area (Å²) < 4.78 is 1.16. The fraction of sp³-hybridized carbons (Fsp3) is 0.278. The van der Waals surface area contributed by atoms with E-state index in [0.717, 1.165) is 20.5 Å². The fourth-order valence-corrected chi connectivity index (χ4v) is 3.63. The minimum absolute atomic E-state index is 0.111. The quantitative estimate of drug-likeness (QED) is 0.681. The maximum Gasteiger partial charge on any atom is 0.256 e. The highest BCUT2D eigenvalue weighted by Gasteiger charge is 2.27. The van der Waals surface area contributed by atoms with Gasteiger partial charge in [0, 0.05) is 27.4 Å². The van der Waals surface area contributed by atoms with Crippen LogP contribution in [-0.4, -0.2) is 35.1 Å². The number of β-amino-alcohol motifs (C(OH)–C–C–N with tert-alkyl or cyclic N) is 1. The van der Waals surface area contributed by atoms with Gasteiger partial charge in [0.15, 0.2) is 0 Å². The number of hydrogen-bond donors (Lipinski definition) is 2. The first-order valence-corrected chi connectivity index (χ1v) is 9.20. The van der Waals surface area contributed by atoms with Gasteiger partial charge in [0.25, 0.3) is 5.91 Å². The molecule has 0 spiro atoms. The lowest BCUT2D eigenvalue weighted by atomic mass is 10.1. The van der Waals surface area contributed by atoms with Gasteiger partial charge >= 0.3 is 0 Å². The molecule has 1 saturated heterocycles. The Balaban J connectivity index is 1.92. The number of nitrogens with zero attached hydrogens (tertiary/aromatic N) is 1. The van der Waals surface area contributed by atoms with Crippen molar-refractivity contribution in [2.24, 2.45) is 0 Å². The number of hydrogen-bond acceptors (Lipinski definition) is 3. The van der Waals surface area contributed by atoms with Crippen LogP contribution in [0, 0.1) is 10.5 Å². The number of aryl methyl sites for hydroxylation is 1. The third-order valence-electron chi connectivity index (χ3n) is 4.12. The molecule has 0 aromatic heterocycles. The molecule has 126 valence electrons. The number of amides is 1. The normalized spacial score (nSPS) is 17.2. The molecule has 1 aliphatic rings. The molecule has 2 aromatic carbocycles.